The Kier molecular flexibility index (Phi) is 3.57. The Balaban J connectivity index is 2.24. The van der Waals surface area contributed by atoms with Crippen LogP contribution in [-0.4, -0.2) is 12.0 Å². The molecule has 94 valence electrons. The summed E-state index contributed by atoms with van der Waals surface area (Å²) in [4.78, 5) is 13.0. The van der Waals surface area contributed by atoms with Gasteiger partial charge in [-0.1, -0.05) is 6.07 Å². The zero-order chi connectivity index (χ0) is 13.1. The summed E-state index contributed by atoms with van der Waals surface area (Å²) in [6.07, 6.45) is 0. The lowest BCUT2D eigenvalue weighted by Gasteiger charge is -2.18. The summed E-state index contributed by atoms with van der Waals surface area (Å²) in [6, 6.07) is 7.48. The maximum absolute atomic E-state index is 13.3. The van der Waals surface area contributed by atoms with Crippen molar-refractivity contribution in [2.24, 2.45) is 0 Å². The third-order valence-electron chi connectivity index (χ3n) is 2.49. The van der Waals surface area contributed by atoms with Crippen molar-refractivity contribution in [1.29, 1.82) is 0 Å². The van der Waals surface area contributed by atoms with E-state index in [0.29, 0.717) is 12.2 Å². The number of halogens is 1. The van der Waals surface area contributed by atoms with Crippen LogP contribution in [0.1, 0.15) is 4.88 Å². The highest BCUT2D eigenvalue weighted by molar-refractivity contribution is 7.09. The third kappa shape index (κ3) is 2.84. The molecule has 0 N–H and O–H groups in total. The second kappa shape index (κ2) is 5.14. The first-order chi connectivity index (χ1) is 8.56. The molecule has 0 fully saturated rings. The van der Waals surface area contributed by atoms with Crippen LogP contribution in [0, 0.1) is 15.9 Å². The van der Waals surface area contributed by atoms with Gasteiger partial charge in [-0.2, -0.15) is 0 Å². The average molecular weight is 266 g/mol. The summed E-state index contributed by atoms with van der Waals surface area (Å²) in [7, 11) is 1.78. The van der Waals surface area contributed by atoms with Crippen LogP contribution in [0.15, 0.2) is 35.7 Å². The van der Waals surface area contributed by atoms with E-state index >= 15 is 0 Å². The van der Waals surface area contributed by atoms with E-state index < -0.39 is 10.7 Å². The minimum atomic E-state index is -0.600. The number of anilines is 1. The molecule has 0 amide bonds. The Hall–Kier alpha value is -1.95. The molecule has 0 atom stereocenters. The van der Waals surface area contributed by atoms with Crippen molar-refractivity contribution in [3.63, 3.8) is 0 Å². The Morgan fingerprint density at radius 3 is 2.83 bits per heavy atom. The van der Waals surface area contributed by atoms with E-state index in [1.807, 2.05) is 17.5 Å². The number of nitro groups is 1. The fourth-order valence-corrected chi connectivity index (χ4v) is 2.37. The first-order valence-electron chi connectivity index (χ1n) is 5.25. The van der Waals surface area contributed by atoms with E-state index in [1.165, 1.54) is 12.1 Å². The van der Waals surface area contributed by atoms with Crippen molar-refractivity contribution in [3.8, 4) is 0 Å². The minimum Gasteiger partial charge on any atom is -0.369 e. The number of benzene rings is 1. The highest BCUT2D eigenvalue weighted by atomic mass is 32.1. The molecule has 6 heteroatoms. The second-order valence-corrected chi connectivity index (χ2v) is 4.89. The van der Waals surface area contributed by atoms with Gasteiger partial charge in [0.2, 0.25) is 0 Å². The van der Waals surface area contributed by atoms with Gasteiger partial charge in [-0.15, -0.1) is 11.3 Å². The highest BCUT2D eigenvalue weighted by Crippen LogP contribution is 2.24. The number of thiophene rings is 1. The molecule has 0 spiro atoms. The van der Waals surface area contributed by atoms with Gasteiger partial charge in [-0.25, -0.2) is 4.39 Å². The van der Waals surface area contributed by atoms with Crippen LogP contribution in [0.3, 0.4) is 0 Å². The fourth-order valence-electron chi connectivity index (χ4n) is 1.61. The largest absolute Gasteiger partial charge is 0.369 e. The molecule has 1 aromatic carbocycles. The summed E-state index contributed by atoms with van der Waals surface area (Å²) in [6.45, 7) is 0.596. The molecule has 1 heterocycles. The topological polar surface area (TPSA) is 46.4 Å². The molecule has 0 saturated heterocycles. The van der Waals surface area contributed by atoms with Crippen LogP contribution in [0.25, 0.3) is 0 Å². The van der Waals surface area contributed by atoms with Crippen molar-refractivity contribution >= 4 is 22.7 Å². The van der Waals surface area contributed by atoms with Gasteiger partial charge in [0, 0.05) is 23.7 Å². The minimum absolute atomic E-state index is 0.233. The summed E-state index contributed by atoms with van der Waals surface area (Å²) < 4.78 is 13.3. The Morgan fingerprint density at radius 1 is 1.44 bits per heavy atom. The normalized spacial score (nSPS) is 10.3. The fraction of sp³-hybridized carbons (Fsp3) is 0.167. The van der Waals surface area contributed by atoms with E-state index in [2.05, 4.69) is 0 Å². The van der Waals surface area contributed by atoms with Crippen molar-refractivity contribution in [3.05, 3.63) is 56.5 Å². The van der Waals surface area contributed by atoms with Crippen molar-refractivity contribution < 1.29 is 9.31 Å². The molecule has 18 heavy (non-hydrogen) atoms. The van der Waals surface area contributed by atoms with E-state index in [0.717, 1.165) is 10.9 Å². The highest BCUT2D eigenvalue weighted by Gasteiger charge is 2.12. The second-order valence-electron chi connectivity index (χ2n) is 3.86. The smallest absolute Gasteiger partial charge is 0.274 e. The Morgan fingerprint density at radius 2 is 2.22 bits per heavy atom. The first-order valence-corrected chi connectivity index (χ1v) is 6.13. The lowest BCUT2D eigenvalue weighted by atomic mass is 10.2. The van der Waals surface area contributed by atoms with Gasteiger partial charge >= 0.3 is 0 Å². The molecule has 0 bridgehead atoms. The Bertz CT molecular complexity index is 557. The third-order valence-corrected chi connectivity index (χ3v) is 3.35. The number of nitrogens with zero attached hydrogens (tertiary/aromatic N) is 2. The van der Waals surface area contributed by atoms with Crippen molar-refractivity contribution in [1.82, 2.24) is 0 Å². The van der Waals surface area contributed by atoms with Gasteiger partial charge in [-0.3, -0.25) is 10.1 Å². The molecule has 2 rings (SSSR count). The predicted octanol–water partition coefficient (Wildman–Crippen LogP) is 3.43. The molecule has 0 aliphatic rings. The first kappa shape index (κ1) is 12.5. The van der Waals surface area contributed by atoms with Crippen LogP contribution in [0.2, 0.25) is 0 Å². The molecule has 0 radical (unpaired) electrons. The maximum Gasteiger partial charge on any atom is 0.274 e. The summed E-state index contributed by atoms with van der Waals surface area (Å²) >= 11 is 1.59. The van der Waals surface area contributed by atoms with Crippen molar-refractivity contribution in [2.45, 2.75) is 6.54 Å². The molecule has 4 nitrogen and oxygen atoms in total. The summed E-state index contributed by atoms with van der Waals surface area (Å²) in [5.41, 5.74) is 0.262. The van der Waals surface area contributed by atoms with Gasteiger partial charge in [-0.05, 0) is 17.5 Å². The Labute approximate surface area is 107 Å². The molecule has 0 saturated carbocycles. The monoisotopic (exact) mass is 266 g/mol. The molecule has 2 aromatic rings. The van der Waals surface area contributed by atoms with Gasteiger partial charge < -0.3 is 4.90 Å². The summed E-state index contributed by atoms with van der Waals surface area (Å²) in [5, 5.41) is 12.6. The number of hydrogen-bond acceptors (Lipinski definition) is 4. The van der Waals surface area contributed by atoms with E-state index in [4.69, 9.17) is 0 Å². The molecular formula is C12H11FN2O2S. The molecular weight excluding hydrogens is 255 g/mol. The predicted molar refractivity (Wildman–Crippen MR) is 69.5 cm³/mol. The molecule has 0 aliphatic heterocycles. The van der Waals surface area contributed by atoms with Gasteiger partial charge in [0.1, 0.15) is 5.82 Å². The van der Waals surface area contributed by atoms with Crippen LogP contribution in [0.5, 0.6) is 0 Å². The van der Waals surface area contributed by atoms with Crippen LogP contribution in [0.4, 0.5) is 15.8 Å². The molecule has 0 aliphatic carbocycles. The number of non-ortho nitro benzene ring substituents is 1. The lowest BCUT2D eigenvalue weighted by Crippen LogP contribution is -2.15. The van der Waals surface area contributed by atoms with Crippen LogP contribution >= 0.6 is 11.3 Å². The van der Waals surface area contributed by atoms with Gasteiger partial charge in [0.15, 0.2) is 0 Å². The van der Waals surface area contributed by atoms with Crippen molar-refractivity contribution in [2.75, 3.05) is 11.9 Å². The van der Waals surface area contributed by atoms with Gasteiger partial charge in [0.25, 0.3) is 5.69 Å². The number of nitro benzene ring substituents is 1. The standard InChI is InChI=1S/C12H11FN2O2S/c1-14(8-12-3-2-4-18-12)10-5-9(13)6-11(7-10)15(16)17/h2-7H,8H2,1H3. The maximum atomic E-state index is 13.3. The average Bonchev–Trinajstić information content (AvgIpc) is 2.80. The quantitative estimate of drug-likeness (QED) is 0.629. The zero-order valence-corrected chi connectivity index (χ0v) is 10.5. The number of rotatable bonds is 4. The van der Waals surface area contributed by atoms with Gasteiger partial charge in [0.05, 0.1) is 17.5 Å². The van der Waals surface area contributed by atoms with E-state index in [-0.39, 0.29) is 5.69 Å². The van der Waals surface area contributed by atoms with E-state index in [1.54, 1.807) is 23.3 Å². The van der Waals surface area contributed by atoms with E-state index in [9.17, 15) is 14.5 Å². The van der Waals surface area contributed by atoms with Crippen LogP contribution in [-0.2, 0) is 6.54 Å². The molecule has 0 unspecified atom stereocenters. The SMILES string of the molecule is CN(Cc1cccs1)c1cc(F)cc([N+](=O)[O-])c1. The zero-order valence-electron chi connectivity index (χ0n) is 9.67. The molecule has 1 aromatic heterocycles. The summed E-state index contributed by atoms with van der Waals surface area (Å²) in [5.74, 6) is -0.600. The lowest BCUT2D eigenvalue weighted by molar-refractivity contribution is -0.385. The van der Waals surface area contributed by atoms with Crippen LogP contribution < -0.4 is 4.90 Å². The number of hydrogen-bond donors (Lipinski definition) is 0.